The fraction of sp³-hybridized carbons (Fsp3) is 0.294. The molecule has 0 radical (unpaired) electrons. The van der Waals surface area contributed by atoms with Crippen molar-refractivity contribution in [3.05, 3.63) is 65.5 Å². The van der Waals surface area contributed by atoms with Crippen LogP contribution in [0.5, 0.6) is 0 Å². The van der Waals surface area contributed by atoms with Gasteiger partial charge in [-0.2, -0.15) is 0 Å². The molecule has 0 bridgehead atoms. The molecule has 0 fully saturated rings. The maximum atomic E-state index is 12.1. The van der Waals surface area contributed by atoms with Gasteiger partial charge in [0.1, 0.15) is 0 Å². The number of carbonyl (C=O) groups excluding carboxylic acids is 1. The summed E-state index contributed by atoms with van der Waals surface area (Å²) in [5, 5.41) is 2.91. The Morgan fingerprint density at radius 1 is 1.05 bits per heavy atom. The molecule has 2 aromatic rings. The molecule has 0 saturated carbocycles. The fourth-order valence-corrected chi connectivity index (χ4v) is 1.91. The van der Waals surface area contributed by atoms with Gasteiger partial charge in [0.2, 0.25) is 0 Å². The Bertz CT molecular complexity index is 568. The molecule has 0 aliphatic rings. The molecule has 20 heavy (non-hydrogen) atoms. The summed E-state index contributed by atoms with van der Waals surface area (Å²) < 4.78 is 0. The summed E-state index contributed by atoms with van der Waals surface area (Å²) in [6, 6.07) is 11.6. The smallest absolute Gasteiger partial charge is 0.251 e. The lowest BCUT2D eigenvalue weighted by Gasteiger charge is -2.19. The second-order valence-electron chi connectivity index (χ2n) is 5.87. The van der Waals surface area contributed by atoms with Crippen LogP contribution >= 0.6 is 0 Å². The first-order chi connectivity index (χ1) is 9.47. The van der Waals surface area contributed by atoms with Crippen LogP contribution < -0.4 is 5.32 Å². The number of hydrogen-bond donors (Lipinski definition) is 1. The summed E-state index contributed by atoms with van der Waals surface area (Å²) in [7, 11) is 0. The Hall–Kier alpha value is -2.16. The molecule has 1 amide bonds. The van der Waals surface area contributed by atoms with Gasteiger partial charge < -0.3 is 5.32 Å². The zero-order chi connectivity index (χ0) is 14.6. The van der Waals surface area contributed by atoms with Gasteiger partial charge in [0.15, 0.2) is 0 Å². The average Bonchev–Trinajstić information content (AvgIpc) is 2.45. The van der Waals surface area contributed by atoms with E-state index < -0.39 is 0 Å². The van der Waals surface area contributed by atoms with E-state index in [1.807, 2.05) is 36.4 Å². The Morgan fingerprint density at radius 3 is 2.20 bits per heavy atom. The van der Waals surface area contributed by atoms with Crippen molar-refractivity contribution in [1.82, 2.24) is 10.3 Å². The van der Waals surface area contributed by atoms with E-state index in [9.17, 15) is 4.79 Å². The minimum atomic E-state index is -0.0535. The van der Waals surface area contributed by atoms with E-state index in [1.54, 1.807) is 12.4 Å². The van der Waals surface area contributed by atoms with E-state index in [1.165, 1.54) is 5.56 Å². The van der Waals surface area contributed by atoms with Crippen LogP contribution in [0, 0.1) is 0 Å². The summed E-state index contributed by atoms with van der Waals surface area (Å²) in [6.45, 7) is 6.99. The maximum absolute atomic E-state index is 12.1. The van der Waals surface area contributed by atoms with Crippen molar-refractivity contribution in [2.75, 3.05) is 0 Å². The number of nitrogens with zero attached hydrogens (tertiary/aromatic N) is 1. The zero-order valence-corrected chi connectivity index (χ0v) is 12.2. The molecule has 0 saturated heterocycles. The van der Waals surface area contributed by atoms with Gasteiger partial charge in [-0.25, -0.2) is 0 Å². The van der Waals surface area contributed by atoms with Gasteiger partial charge in [0.25, 0.3) is 5.91 Å². The molecule has 0 spiro atoms. The monoisotopic (exact) mass is 268 g/mol. The van der Waals surface area contributed by atoms with Crippen molar-refractivity contribution >= 4 is 5.91 Å². The molecule has 3 heteroatoms. The highest BCUT2D eigenvalue weighted by Gasteiger charge is 2.14. The summed E-state index contributed by atoms with van der Waals surface area (Å²) in [5.41, 5.74) is 3.06. The van der Waals surface area contributed by atoms with Crippen molar-refractivity contribution in [2.45, 2.75) is 32.7 Å². The highest BCUT2D eigenvalue weighted by molar-refractivity contribution is 5.94. The first kappa shape index (κ1) is 14.3. The molecular weight excluding hydrogens is 248 g/mol. The lowest BCUT2D eigenvalue weighted by atomic mass is 9.87. The van der Waals surface area contributed by atoms with Crippen LogP contribution in [0.2, 0.25) is 0 Å². The number of hydrogen-bond acceptors (Lipinski definition) is 2. The average molecular weight is 268 g/mol. The molecule has 0 aliphatic heterocycles. The lowest BCUT2D eigenvalue weighted by molar-refractivity contribution is 0.0951. The van der Waals surface area contributed by atoms with Gasteiger partial charge in [0.05, 0.1) is 0 Å². The van der Waals surface area contributed by atoms with E-state index in [0.717, 1.165) is 5.56 Å². The van der Waals surface area contributed by atoms with Crippen molar-refractivity contribution < 1.29 is 4.79 Å². The fourth-order valence-electron chi connectivity index (χ4n) is 1.91. The van der Waals surface area contributed by atoms with Gasteiger partial charge in [0, 0.05) is 24.5 Å². The number of nitrogens with one attached hydrogen (secondary N) is 1. The highest BCUT2D eigenvalue weighted by atomic mass is 16.1. The summed E-state index contributed by atoms with van der Waals surface area (Å²) in [6.07, 6.45) is 3.44. The van der Waals surface area contributed by atoms with Crippen LogP contribution in [-0.4, -0.2) is 10.9 Å². The zero-order valence-electron chi connectivity index (χ0n) is 12.2. The Balaban J connectivity index is 1.99. The second kappa shape index (κ2) is 5.87. The molecular formula is C17H20N2O. The van der Waals surface area contributed by atoms with Gasteiger partial charge in [-0.3, -0.25) is 9.78 Å². The minimum absolute atomic E-state index is 0.0535. The van der Waals surface area contributed by atoms with Crippen LogP contribution in [0.3, 0.4) is 0 Å². The molecule has 3 nitrogen and oxygen atoms in total. The molecule has 2 rings (SSSR count). The summed E-state index contributed by atoms with van der Waals surface area (Å²) in [5.74, 6) is -0.0535. The number of amides is 1. The summed E-state index contributed by atoms with van der Waals surface area (Å²) >= 11 is 0. The molecule has 1 aromatic carbocycles. The highest BCUT2D eigenvalue weighted by Crippen LogP contribution is 2.22. The predicted octanol–water partition coefficient (Wildman–Crippen LogP) is 3.31. The molecule has 0 unspecified atom stereocenters. The standard InChI is InChI=1S/C17H20N2O/c1-17(2,3)15-6-4-14(5-7-15)16(20)19-12-13-8-10-18-11-9-13/h4-11H,12H2,1-3H3,(H,19,20). The van der Waals surface area contributed by atoms with E-state index in [-0.39, 0.29) is 11.3 Å². The van der Waals surface area contributed by atoms with Crippen LogP contribution in [0.4, 0.5) is 0 Å². The normalized spacial score (nSPS) is 11.2. The first-order valence-corrected chi connectivity index (χ1v) is 6.74. The quantitative estimate of drug-likeness (QED) is 0.928. The Morgan fingerprint density at radius 2 is 1.65 bits per heavy atom. The Labute approximate surface area is 120 Å². The largest absolute Gasteiger partial charge is 0.348 e. The van der Waals surface area contributed by atoms with Crippen LogP contribution in [0.25, 0.3) is 0 Å². The third-order valence-electron chi connectivity index (χ3n) is 3.22. The van der Waals surface area contributed by atoms with Crippen LogP contribution in [0.15, 0.2) is 48.8 Å². The Kier molecular flexibility index (Phi) is 4.18. The van der Waals surface area contributed by atoms with Crippen molar-refractivity contribution in [2.24, 2.45) is 0 Å². The number of pyridine rings is 1. The molecule has 0 aliphatic carbocycles. The van der Waals surface area contributed by atoms with E-state index >= 15 is 0 Å². The molecule has 104 valence electrons. The van der Waals surface area contributed by atoms with Gasteiger partial charge in [-0.05, 0) is 40.8 Å². The van der Waals surface area contributed by atoms with Crippen molar-refractivity contribution in [3.63, 3.8) is 0 Å². The number of carbonyl (C=O) groups is 1. The summed E-state index contributed by atoms with van der Waals surface area (Å²) in [4.78, 5) is 16.0. The molecule has 0 atom stereocenters. The third kappa shape index (κ3) is 3.67. The van der Waals surface area contributed by atoms with Crippen LogP contribution in [-0.2, 0) is 12.0 Å². The van der Waals surface area contributed by atoms with Crippen LogP contribution in [0.1, 0.15) is 42.3 Å². The van der Waals surface area contributed by atoms with Gasteiger partial charge in [-0.1, -0.05) is 32.9 Å². The molecule has 1 aromatic heterocycles. The first-order valence-electron chi connectivity index (χ1n) is 6.74. The van der Waals surface area contributed by atoms with E-state index in [2.05, 4.69) is 31.1 Å². The van der Waals surface area contributed by atoms with Gasteiger partial charge >= 0.3 is 0 Å². The lowest BCUT2D eigenvalue weighted by Crippen LogP contribution is -2.23. The molecule has 1 heterocycles. The third-order valence-corrected chi connectivity index (χ3v) is 3.22. The minimum Gasteiger partial charge on any atom is -0.348 e. The number of benzene rings is 1. The number of aromatic nitrogens is 1. The molecule has 1 N–H and O–H groups in total. The number of rotatable bonds is 3. The predicted molar refractivity (Wildman–Crippen MR) is 80.5 cm³/mol. The van der Waals surface area contributed by atoms with Crippen molar-refractivity contribution in [1.29, 1.82) is 0 Å². The van der Waals surface area contributed by atoms with E-state index in [4.69, 9.17) is 0 Å². The van der Waals surface area contributed by atoms with Gasteiger partial charge in [-0.15, -0.1) is 0 Å². The van der Waals surface area contributed by atoms with Crippen molar-refractivity contribution in [3.8, 4) is 0 Å². The SMILES string of the molecule is CC(C)(C)c1ccc(C(=O)NCc2ccncc2)cc1. The topological polar surface area (TPSA) is 42.0 Å². The maximum Gasteiger partial charge on any atom is 0.251 e. The second-order valence-corrected chi connectivity index (χ2v) is 5.87. The van der Waals surface area contributed by atoms with E-state index in [0.29, 0.717) is 12.1 Å².